The molecule has 3 heteroatoms. The Morgan fingerprint density at radius 2 is 1.81 bits per heavy atom. The molecule has 1 saturated carbocycles. The zero-order chi connectivity index (χ0) is 11.6. The highest BCUT2D eigenvalue weighted by molar-refractivity contribution is 5.66. The first-order valence-corrected chi connectivity index (χ1v) is 6.71. The molecule has 0 radical (unpaired) electrons. The minimum absolute atomic E-state index is 0.309. The second kappa shape index (κ2) is 8.57. The maximum atomic E-state index is 10.3. The SMILES string of the molecule is O=C(O)CCCCNCCCC1CCCC1. The van der Waals surface area contributed by atoms with E-state index in [1.54, 1.807) is 0 Å². The lowest BCUT2D eigenvalue weighted by molar-refractivity contribution is -0.137. The monoisotopic (exact) mass is 227 g/mol. The fraction of sp³-hybridized carbons (Fsp3) is 0.923. The minimum Gasteiger partial charge on any atom is -0.481 e. The molecule has 94 valence electrons. The Balaban J connectivity index is 1.76. The molecule has 0 amide bonds. The predicted octanol–water partition coefficient (Wildman–Crippen LogP) is 2.80. The highest BCUT2D eigenvalue weighted by Crippen LogP contribution is 2.28. The van der Waals surface area contributed by atoms with Crippen molar-refractivity contribution in [1.82, 2.24) is 5.32 Å². The molecule has 0 atom stereocenters. The summed E-state index contributed by atoms with van der Waals surface area (Å²) in [5.74, 6) is 0.315. The summed E-state index contributed by atoms with van der Waals surface area (Å²) in [6.45, 7) is 2.07. The van der Waals surface area contributed by atoms with Crippen molar-refractivity contribution in [3.63, 3.8) is 0 Å². The fourth-order valence-electron chi connectivity index (χ4n) is 2.47. The normalized spacial score (nSPS) is 16.8. The highest BCUT2D eigenvalue weighted by Gasteiger charge is 2.13. The second-order valence-corrected chi connectivity index (χ2v) is 4.89. The van der Waals surface area contributed by atoms with Gasteiger partial charge in [0, 0.05) is 6.42 Å². The van der Waals surface area contributed by atoms with Crippen molar-refractivity contribution in [1.29, 1.82) is 0 Å². The van der Waals surface area contributed by atoms with Crippen LogP contribution in [0.2, 0.25) is 0 Å². The van der Waals surface area contributed by atoms with Crippen LogP contribution in [0.1, 0.15) is 57.8 Å². The summed E-state index contributed by atoms with van der Waals surface area (Å²) in [7, 11) is 0. The molecular weight excluding hydrogens is 202 g/mol. The van der Waals surface area contributed by atoms with Crippen molar-refractivity contribution in [2.45, 2.75) is 57.8 Å². The lowest BCUT2D eigenvalue weighted by Crippen LogP contribution is -2.17. The largest absolute Gasteiger partial charge is 0.481 e. The average molecular weight is 227 g/mol. The standard InChI is InChI=1S/C13H25NO2/c15-13(16)9-3-4-10-14-11-5-8-12-6-1-2-7-12/h12,14H,1-11H2,(H,15,16). The Hall–Kier alpha value is -0.570. The van der Waals surface area contributed by atoms with Gasteiger partial charge in [-0.15, -0.1) is 0 Å². The summed E-state index contributed by atoms with van der Waals surface area (Å²) in [6, 6.07) is 0. The number of carboxylic acid groups (broad SMARTS) is 1. The zero-order valence-corrected chi connectivity index (χ0v) is 10.2. The van der Waals surface area contributed by atoms with Crippen LogP contribution < -0.4 is 5.32 Å². The van der Waals surface area contributed by atoms with Crippen LogP contribution in [0, 0.1) is 5.92 Å². The van der Waals surface area contributed by atoms with Crippen LogP contribution >= 0.6 is 0 Å². The van der Waals surface area contributed by atoms with E-state index in [4.69, 9.17) is 5.11 Å². The summed E-state index contributed by atoms with van der Waals surface area (Å²) in [5, 5.41) is 11.8. The fourth-order valence-corrected chi connectivity index (χ4v) is 2.47. The summed E-state index contributed by atoms with van der Waals surface area (Å²) < 4.78 is 0. The van der Waals surface area contributed by atoms with E-state index in [1.165, 1.54) is 38.5 Å². The minimum atomic E-state index is -0.679. The number of hydrogen-bond donors (Lipinski definition) is 2. The van der Waals surface area contributed by atoms with Gasteiger partial charge in [0.05, 0.1) is 0 Å². The average Bonchev–Trinajstić information content (AvgIpc) is 2.74. The summed E-state index contributed by atoms with van der Waals surface area (Å²) >= 11 is 0. The maximum Gasteiger partial charge on any atom is 0.303 e. The van der Waals surface area contributed by atoms with Gasteiger partial charge in [0.1, 0.15) is 0 Å². The van der Waals surface area contributed by atoms with E-state index in [0.717, 1.165) is 31.8 Å². The molecule has 1 rings (SSSR count). The van der Waals surface area contributed by atoms with Crippen molar-refractivity contribution >= 4 is 5.97 Å². The van der Waals surface area contributed by atoms with Gasteiger partial charge in [-0.05, 0) is 44.7 Å². The van der Waals surface area contributed by atoms with E-state index in [0.29, 0.717) is 6.42 Å². The van der Waals surface area contributed by atoms with Gasteiger partial charge in [-0.1, -0.05) is 25.7 Å². The van der Waals surface area contributed by atoms with Crippen molar-refractivity contribution in [3.8, 4) is 0 Å². The summed E-state index contributed by atoms with van der Waals surface area (Å²) in [4.78, 5) is 10.3. The van der Waals surface area contributed by atoms with Crippen molar-refractivity contribution in [3.05, 3.63) is 0 Å². The lowest BCUT2D eigenvalue weighted by Gasteiger charge is -2.08. The third kappa shape index (κ3) is 6.83. The molecule has 0 saturated heterocycles. The van der Waals surface area contributed by atoms with Crippen LogP contribution in [0.15, 0.2) is 0 Å². The molecule has 0 unspecified atom stereocenters. The zero-order valence-electron chi connectivity index (χ0n) is 10.2. The Labute approximate surface area is 98.6 Å². The molecule has 0 bridgehead atoms. The van der Waals surface area contributed by atoms with E-state index in [-0.39, 0.29) is 0 Å². The molecule has 0 aromatic carbocycles. The molecule has 2 N–H and O–H groups in total. The molecule has 0 aromatic heterocycles. The van der Waals surface area contributed by atoms with Gasteiger partial charge in [0.2, 0.25) is 0 Å². The van der Waals surface area contributed by atoms with E-state index in [1.807, 2.05) is 0 Å². The van der Waals surface area contributed by atoms with Crippen molar-refractivity contribution in [2.75, 3.05) is 13.1 Å². The first-order chi connectivity index (χ1) is 7.79. The third-order valence-corrected chi connectivity index (χ3v) is 3.43. The van der Waals surface area contributed by atoms with Crippen molar-refractivity contribution < 1.29 is 9.90 Å². The molecule has 0 aromatic rings. The van der Waals surface area contributed by atoms with E-state index in [9.17, 15) is 4.79 Å². The van der Waals surface area contributed by atoms with E-state index < -0.39 is 5.97 Å². The number of carboxylic acids is 1. The van der Waals surface area contributed by atoms with Crippen LogP contribution in [0.5, 0.6) is 0 Å². The van der Waals surface area contributed by atoms with Crippen LogP contribution in [-0.2, 0) is 4.79 Å². The molecule has 0 heterocycles. The lowest BCUT2D eigenvalue weighted by atomic mass is 10.0. The number of carbonyl (C=O) groups is 1. The quantitative estimate of drug-likeness (QED) is 0.595. The topological polar surface area (TPSA) is 49.3 Å². The first-order valence-electron chi connectivity index (χ1n) is 6.71. The molecular formula is C13H25NO2. The van der Waals surface area contributed by atoms with Gasteiger partial charge in [0.25, 0.3) is 0 Å². The molecule has 0 aliphatic heterocycles. The first kappa shape index (κ1) is 13.5. The number of unbranched alkanes of at least 4 members (excludes halogenated alkanes) is 1. The Kier molecular flexibility index (Phi) is 7.23. The molecule has 0 spiro atoms. The number of hydrogen-bond acceptors (Lipinski definition) is 2. The smallest absolute Gasteiger partial charge is 0.303 e. The van der Waals surface area contributed by atoms with Gasteiger partial charge in [-0.2, -0.15) is 0 Å². The molecule has 1 aliphatic carbocycles. The summed E-state index contributed by atoms with van der Waals surface area (Å²) in [5.41, 5.74) is 0. The van der Waals surface area contributed by atoms with Crippen LogP contribution in [0.4, 0.5) is 0 Å². The Bertz CT molecular complexity index is 188. The van der Waals surface area contributed by atoms with E-state index in [2.05, 4.69) is 5.32 Å². The summed E-state index contributed by atoms with van der Waals surface area (Å²) in [6.07, 6.45) is 10.5. The van der Waals surface area contributed by atoms with Gasteiger partial charge < -0.3 is 10.4 Å². The number of nitrogens with one attached hydrogen (secondary N) is 1. The van der Waals surface area contributed by atoms with Gasteiger partial charge in [0.15, 0.2) is 0 Å². The second-order valence-electron chi connectivity index (χ2n) is 4.89. The van der Waals surface area contributed by atoms with E-state index >= 15 is 0 Å². The van der Waals surface area contributed by atoms with Gasteiger partial charge in [-0.25, -0.2) is 0 Å². The molecule has 1 aliphatic rings. The maximum absolute atomic E-state index is 10.3. The number of aliphatic carboxylic acids is 1. The Morgan fingerprint density at radius 3 is 2.50 bits per heavy atom. The van der Waals surface area contributed by atoms with Gasteiger partial charge in [-0.3, -0.25) is 4.79 Å². The number of rotatable bonds is 9. The van der Waals surface area contributed by atoms with Crippen molar-refractivity contribution in [2.24, 2.45) is 5.92 Å². The van der Waals surface area contributed by atoms with Crippen LogP contribution in [0.25, 0.3) is 0 Å². The van der Waals surface area contributed by atoms with Gasteiger partial charge >= 0.3 is 5.97 Å². The van der Waals surface area contributed by atoms with Crippen LogP contribution in [0.3, 0.4) is 0 Å². The molecule has 16 heavy (non-hydrogen) atoms. The van der Waals surface area contributed by atoms with Crippen LogP contribution in [-0.4, -0.2) is 24.2 Å². The Morgan fingerprint density at radius 1 is 1.12 bits per heavy atom. The highest BCUT2D eigenvalue weighted by atomic mass is 16.4. The predicted molar refractivity (Wildman–Crippen MR) is 65.5 cm³/mol. The molecule has 1 fully saturated rings. The molecule has 3 nitrogen and oxygen atoms in total. The third-order valence-electron chi connectivity index (χ3n) is 3.43.